The Hall–Kier alpha value is -3.51. The van der Waals surface area contributed by atoms with Crippen LogP contribution in [0.2, 0.25) is 0 Å². The van der Waals surface area contributed by atoms with Gasteiger partial charge in [0.15, 0.2) is 5.11 Å². The van der Waals surface area contributed by atoms with E-state index in [0.29, 0.717) is 5.11 Å². The number of hydrogen-bond acceptors (Lipinski definition) is 2. The topological polar surface area (TPSA) is 33.1 Å². The third-order valence-corrected chi connectivity index (χ3v) is 6.21. The molecular formula is C26H23FN4S. The number of aromatic nitrogens is 2. The molecule has 1 aliphatic rings. The largest absolute Gasteiger partial charge is 0.351 e. The van der Waals surface area contributed by atoms with E-state index in [9.17, 15) is 4.39 Å². The zero-order valence-electron chi connectivity index (χ0n) is 17.6. The Kier molecular flexibility index (Phi) is 5.45. The monoisotopic (exact) mass is 442 g/mol. The van der Waals surface area contributed by atoms with Gasteiger partial charge < -0.3 is 14.8 Å². The quantitative estimate of drug-likeness (QED) is 0.399. The number of anilines is 1. The van der Waals surface area contributed by atoms with Crippen LogP contribution in [0.4, 0.5) is 10.1 Å². The van der Waals surface area contributed by atoms with E-state index in [2.05, 4.69) is 52.5 Å². The van der Waals surface area contributed by atoms with Gasteiger partial charge in [0.1, 0.15) is 11.9 Å². The molecule has 1 saturated heterocycles. The lowest BCUT2D eigenvalue weighted by atomic mass is 10.0. The maximum atomic E-state index is 14.0. The van der Waals surface area contributed by atoms with Gasteiger partial charge in [-0.3, -0.25) is 4.98 Å². The minimum absolute atomic E-state index is 0.156. The van der Waals surface area contributed by atoms with Gasteiger partial charge in [-0.25, -0.2) is 4.39 Å². The second kappa shape index (κ2) is 8.55. The van der Waals surface area contributed by atoms with Crippen molar-refractivity contribution in [3.63, 3.8) is 0 Å². The second-order valence-electron chi connectivity index (χ2n) is 7.80. The molecule has 2 atom stereocenters. The summed E-state index contributed by atoms with van der Waals surface area (Å²) in [6.07, 6.45) is 4.73. The van der Waals surface area contributed by atoms with Crippen LogP contribution in [0.25, 0.3) is 5.69 Å². The van der Waals surface area contributed by atoms with Crippen LogP contribution in [0.15, 0.2) is 91.3 Å². The molecule has 0 bridgehead atoms. The van der Waals surface area contributed by atoms with Gasteiger partial charge in [-0.1, -0.05) is 31.2 Å². The Morgan fingerprint density at radius 3 is 2.53 bits per heavy atom. The summed E-state index contributed by atoms with van der Waals surface area (Å²) in [5.41, 5.74) is 4.95. The minimum Gasteiger partial charge on any atom is -0.351 e. The summed E-state index contributed by atoms with van der Waals surface area (Å²) in [7, 11) is 0. The van der Waals surface area contributed by atoms with Crippen LogP contribution >= 0.6 is 12.2 Å². The summed E-state index contributed by atoms with van der Waals surface area (Å²) in [6, 6.07) is 24.7. The molecule has 32 heavy (non-hydrogen) atoms. The van der Waals surface area contributed by atoms with Crippen molar-refractivity contribution < 1.29 is 4.39 Å². The number of rotatable bonds is 5. The van der Waals surface area contributed by atoms with Crippen molar-refractivity contribution in [2.24, 2.45) is 0 Å². The molecule has 4 aromatic rings. The SMILES string of the molecule is CCc1ccc(N2C(=S)N[C@H](c3ccccn3)[C@H]2c2cccn2-c2cccc(F)c2)cc1. The van der Waals surface area contributed by atoms with E-state index in [1.165, 1.54) is 11.6 Å². The fourth-order valence-corrected chi connectivity index (χ4v) is 4.67. The molecule has 1 aliphatic heterocycles. The van der Waals surface area contributed by atoms with Crippen LogP contribution in [-0.4, -0.2) is 14.7 Å². The molecule has 0 spiro atoms. The van der Waals surface area contributed by atoms with Gasteiger partial charge in [-0.2, -0.15) is 0 Å². The van der Waals surface area contributed by atoms with Crippen molar-refractivity contribution >= 4 is 23.0 Å². The number of aryl methyl sites for hydroxylation is 1. The lowest BCUT2D eigenvalue weighted by Crippen LogP contribution is -2.30. The van der Waals surface area contributed by atoms with Gasteiger partial charge in [-0.15, -0.1) is 0 Å². The van der Waals surface area contributed by atoms with E-state index in [4.69, 9.17) is 12.2 Å². The maximum Gasteiger partial charge on any atom is 0.174 e. The molecule has 1 fully saturated rings. The fourth-order valence-electron chi connectivity index (χ4n) is 4.32. The Balaban J connectivity index is 1.65. The average molecular weight is 443 g/mol. The first-order chi connectivity index (χ1) is 15.7. The Morgan fingerprint density at radius 2 is 1.81 bits per heavy atom. The number of pyridine rings is 1. The minimum atomic E-state index is -0.268. The zero-order chi connectivity index (χ0) is 22.1. The summed E-state index contributed by atoms with van der Waals surface area (Å²) in [4.78, 5) is 6.75. The summed E-state index contributed by atoms with van der Waals surface area (Å²) < 4.78 is 16.0. The second-order valence-corrected chi connectivity index (χ2v) is 8.19. The zero-order valence-corrected chi connectivity index (χ0v) is 18.5. The fraction of sp³-hybridized carbons (Fsp3) is 0.154. The van der Waals surface area contributed by atoms with Gasteiger partial charge in [0.05, 0.1) is 11.7 Å². The molecular weight excluding hydrogens is 419 g/mol. The molecule has 0 unspecified atom stereocenters. The molecule has 4 nitrogen and oxygen atoms in total. The predicted molar refractivity (Wildman–Crippen MR) is 129 cm³/mol. The van der Waals surface area contributed by atoms with Crippen LogP contribution in [0.5, 0.6) is 0 Å². The summed E-state index contributed by atoms with van der Waals surface area (Å²) >= 11 is 5.81. The van der Waals surface area contributed by atoms with Gasteiger partial charge in [-0.05, 0) is 78.8 Å². The molecule has 3 heterocycles. The highest BCUT2D eigenvalue weighted by Crippen LogP contribution is 2.42. The lowest BCUT2D eigenvalue weighted by molar-refractivity contribution is 0.549. The number of halogens is 1. The first kappa shape index (κ1) is 20.4. The maximum absolute atomic E-state index is 14.0. The lowest BCUT2D eigenvalue weighted by Gasteiger charge is -2.29. The van der Waals surface area contributed by atoms with E-state index in [-0.39, 0.29) is 17.9 Å². The molecule has 0 radical (unpaired) electrons. The summed E-state index contributed by atoms with van der Waals surface area (Å²) in [5.74, 6) is -0.268. The third-order valence-electron chi connectivity index (χ3n) is 5.89. The number of thiocarbonyl (C=S) groups is 1. The van der Waals surface area contributed by atoms with Gasteiger partial charge in [0.2, 0.25) is 0 Å². The number of nitrogens with one attached hydrogen (secondary N) is 1. The highest BCUT2D eigenvalue weighted by Gasteiger charge is 2.42. The van der Waals surface area contributed by atoms with Crippen molar-refractivity contribution in [2.45, 2.75) is 25.4 Å². The van der Waals surface area contributed by atoms with Crippen molar-refractivity contribution in [3.8, 4) is 5.69 Å². The van der Waals surface area contributed by atoms with E-state index >= 15 is 0 Å². The Morgan fingerprint density at radius 1 is 0.969 bits per heavy atom. The molecule has 0 aliphatic carbocycles. The van der Waals surface area contributed by atoms with E-state index in [1.807, 2.05) is 41.1 Å². The predicted octanol–water partition coefficient (Wildman–Crippen LogP) is 5.75. The van der Waals surface area contributed by atoms with Gasteiger partial charge >= 0.3 is 0 Å². The molecule has 2 aromatic carbocycles. The number of nitrogens with zero attached hydrogens (tertiary/aromatic N) is 3. The number of hydrogen-bond donors (Lipinski definition) is 1. The molecule has 2 aromatic heterocycles. The molecule has 1 N–H and O–H groups in total. The Bertz CT molecular complexity index is 1240. The normalized spacial score (nSPS) is 18.1. The first-order valence-electron chi connectivity index (χ1n) is 10.7. The van der Waals surface area contributed by atoms with Gasteiger partial charge in [0, 0.05) is 29.5 Å². The number of benzene rings is 2. The highest BCUT2D eigenvalue weighted by atomic mass is 32.1. The van der Waals surface area contributed by atoms with Crippen LogP contribution in [-0.2, 0) is 6.42 Å². The van der Waals surface area contributed by atoms with E-state index in [1.54, 1.807) is 18.3 Å². The third kappa shape index (κ3) is 3.67. The van der Waals surface area contributed by atoms with Crippen LogP contribution in [0, 0.1) is 5.82 Å². The molecule has 0 saturated carbocycles. The van der Waals surface area contributed by atoms with Crippen LogP contribution in [0.1, 0.15) is 36.0 Å². The molecule has 160 valence electrons. The standard InChI is InChI=1S/C26H23FN4S/c1-2-18-11-13-20(14-12-18)31-25(24(29-26(31)32)22-9-3-4-15-28-22)23-10-6-16-30(23)21-8-5-7-19(27)17-21/h3-17,24-25H,2H2,1H3,(H,29,32)/t24-,25-/m1/s1. The van der Waals surface area contributed by atoms with Crippen molar-refractivity contribution in [1.82, 2.24) is 14.9 Å². The average Bonchev–Trinajstić information content (AvgIpc) is 3.44. The smallest absolute Gasteiger partial charge is 0.174 e. The van der Waals surface area contributed by atoms with E-state index in [0.717, 1.165) is 29.2 Å². The Labute approximate surface area is 192 Å². The first-order valence-corrected chi connectivity index (χ1v) is 11.1. The summed E-state index contributed by atoms with van der Waals surface area (Å²) in [5, 5.41) is 4.12. The van der Waals surface area contributed by atoms with Crippen LogP contribution < -0.4 is 10.2 Å². The highest BCUT2D eigenvalue weighted by molar-refractivity contribution is 7.80. The molecule has 0 amide bonds. The van der Waals surface area contributed by atoms with Crippen molar-refractivity contribution in [2.75, 3.05) is 4.90 Å². The van der Waals surface area contributed by atoms with Gasteiger partial charge in [0.25, 0.3) is 0 Å². The van der Waals surface area contributed by atoms with Crippen LogP contribution in [0.3, 0.4) is 0 Å². The summed E-state index contributed by atoms with van der Waals surface area (Å²) in [6.45, 7) is 2.14. The molecule has 5 rings (SSSR count). The molecule has 6 heteroatoms. The van der Waals surface area contributed by atoms with E-state index < -0.39 is 0 Å². The van der Waals surface area contributed by atoms with Crippen molar-refractivity contribution in [3.05, 3.63) is 114 Å². The van der Waals surface area contributed by atoms with Crippen molar-refractivity contribution in [1.29, 1.82) is 0 Å².